The van der Waals surface area contributed by atoms with Gasteiger partial charge in [-0.1, -0.05) is 42.5 Å². The molecule has 0 aliphatic carbocycles. The first kappa shape index (κ1) is 19.0. The molecule has 0 bridgehead atoms. The summed E-state index contributed by atoms with van der Waals surface area (Å²) in [5.74, 6) is -0.191. The van der Waals surface area contributed by atoms with Gasteiger partial charge in [-0.25, -0.2) is 4.39 Å². The summed E-state index contributed by atoms with van der Waals surface area (Å²) in [7, 11) is 0. The van der Waals surface area contributed by atoms with Crippen LogP contribution in [0.15, 0.2) is 85.3 Å². The Balaban J connectivity index is 1.47. The number of hydrogen-bond donors (Lipinski definition) is 1. The van der Waals surface area contributed by atoms with Crippen LogP contribution in [0.4, 0.5) is 4.39 Å². The number of aromatic nitrogens is 3. The summed E-state index contributed by atoms with van der Waals surface area (Å²) in [6.07, 6.45) is 6.47. The smallest absolute Gasteiger partial charge is 0.123 e. The summed E-state index contributed by atoms with van der Waals surface area (Å²) < 4.78 is 15.3. The van der Waals surface area contributed by atoms with Crippen molar-refractivity contribution in [2.45, 2.75) is 19.5 Å². The Morgan fingerprint density at radius 3 is 2.59 bits per heavy atom. The van der Waals surface area contributed by atoms with E-state index in [1.165, 1.54) is 11.6 Å². The normalized spacial score (nSPS) is 10.9. The van der Waals surface area contributed by atoms with Crippen LogP contribution in [0, 0.1) is 5.82 Å². The predicted octanol–water partition coefficient (Wildman–Crippen LogP) is 4.46. The molecule has 4 rings (SSSR count). The summed E-state index contributed by atoms with van der Waals surface area (Å²) in [6, 6.07) is 21.0. The van der Waals surface area contributed by atoms with Crippen LogP contribution in [0.25, 0.3) is 11.3 Å². The van der Waals surface area contributed by atoms with E-state index in [1.807, 2.05) is 47.3 Å². The number of rotatable bonds is 8. The van der Waals surface area contributed by atoms with Crippen LogP contribution in [-0.2, 0) is 19.5 Å². The first-order valence-corrected chi connectivity index (χ1v) is 9.74. The second kappa shape index (κ2) is 9.26. The molecule has 0 atom stereocenters. The van der Waals surface area contributed by atoms with Crippen molar-refractivity contribution in [2.75, 3.05) is 6.54 Å². The van der Waals surface area contributed by atoms with Gasteiger partial charge < -0.3 is 5.32 Å². The summed E-state index contributed by atoms with van der Waals surface area (Å²) in [6.45, 7) is 2.17. The zero-order chi connectivity index (χ0) is 19.9. The summed E-state index contributed by atoms with van der Waals surface area (Å²) in [4.78, 5) is 4.23. The Morgan fingerprint density at radius 2 is 1.79 bits per heavy atom. The molecule has 2 aromatic carbocycles. The molecule has 0 aliphatic rings. The number of pyridine rings is 1. The fraction of sp³-hybridized carbons (Fsp3) is 0.167. The predicted molar refractivity (Wildman–Crippen MR) is 113 cm³/mol. The molecule has 4 aromatic rings. The van der Waals surface area contributed by atoms with Gasteiger partial charge in [0.05, 0.1) is 12.2 Å². The topological polar surface area (TPSA) is 42.7 Å². The molecule has 0 saturated carbocycles. The van der Waals surface area contributed by atoms with Gasteiger partial charge in [-0.2, -0.15) is 5.10 Å². The largest absolute Gasteiger partial charge is 0.312 e. The van der Waals surface area contributed by atoms with Crippen LogP contribution in [0.3, 0.4) is 0 Å². The third kappa shape index (κ3) is 5.15. The molecule has 0 radical (unpaired) electrons. The average molecular weight is 386 g/mol. The van der Waals surface area contributed by atoms with Gasteiger partial charge in [0, 0.05) is 36.3 Å². The summed E-state index contributed by atoms with van der Waals surface area (Å²) in [5.41, 5.74) is 5.25. The van der Waals surface area contributed by atoms with Gasteiger partial charge in [-0.05, 0) is 48.4 Å². The van der Waals surface area contributed by atoms with Crippen LogP contribution >= 0.6 is 0 Å². The number of nitrogens with zero attached hydrogens (tertiary/aromatic N) is 3. The zero-order valence-electron chi connectivity index (χ0n) is 16.1. The molecule has 29 heavy (non-hydrogen) atoms. The van der Waals surface area contributed by atoms with Gasteiger partial charge in [0.15, 0.2) is 0 Å². The Kier molecular flexibility index (Phi) is 6.07. The minimum absolute atomic E-state index is 0.191. The van der Waals surface area contributed by atoms with Crippen molar-refractivity contribution < 1.29 is 4.39 Å². The highest BCUT2D eigenvalue weighted by molar-refractivity contribution is 5.61. The lowest BCUT2D eigenvalue weighted by Gasteiger charge is -2.06. The van der Waals surface area contributed by atoms with Crippen molar-refractivity contribution in [3.63, 3.8) is 0 Å². The van der Waals surface area contributed by atoms with E-state index in [9.17, 15) is 4.39 Å². The van der Waals surface area contributed by atoms with Gasteiger partial charge >= 0.3 is 0 Å². The second-order valence-corrected chi connectivity index (χ2v) is 6.98. The number of benzene rings is 2. The first-order valence-electron chi connectivity index (χ1n) is 9.74. The highest BCUT2D eigenvalue weighted by Gasteiger charge is 2.11. The molecule has 0 fully saturated rings. The van der Waals surface area contributed by atoms with Crippen LogP contribution in [0.1, 0.15) is 16.7 Å². The molecule has 0 spiro atoms. The van der Waals surface area contributed by atoms with Crippen molar-refractivity contribution in [2.24, 2.45) is 0 Å². The van der Waals surface area contributed by atoms with Crippen LogP contribution in [0.2, 0.25) is 0 Å². The lowest BCUT2D eigenvalue weighted by atomic mass is 10.1. The molecular formula is C24H23FN4. The van der Waals surface area contributed by atoms with Crippen LogP contribution in [0.5, 0.6) is 0 Å². The maximum atomic E-state index is 13.3. The summed E-state index contributed by atoms with van der Waals surface area (Å²) in [5, 5.41) is 8.27. The third-order valence-electron chi connectivity index (χ3n) is 4.75. The molecule has 0 amide bonds. The van der Waals surface area contributed by atoms with Gasteiger partial charge in [-0.15, -0.1) is 0 Å². The second-order valence-electron chi connectivity index (χ2n) is 6.98. The van der Waals surface area contributed by atoms with Crippen molar-refractivity contribution in [1.82, 2.24) is 20.1 Å². The van der Waals surface area contributed by atoms with E-state index in [0.29, 0.717) is 6.54 Å². The quantitative estimate of drug-likeness (QED) is 0.455. The summed E-state index contributed by atoms with van der Waals surface area (Å²) >= 11 is 0. The van der Waals surface area contributed by atoms with Gasteiger partial charge in [0.25, 0.3) is 0 Å². The van der Waals surface area contributed by atoms with Gasteiger partial charge in [-0.3, -0.25) is 9.67 Å². The number of hydrogen-bond acceptors (Lipinski definition) is 3. The molecule has 2 aromatic heterocycles. The lowest BCUT2D eigenvalue weighted by molar-refractivity contribution is 0.622. The molecule has 0 unspecified atom stereocenters. The molecule has 2 heterocycles. The van der Waals surface area contributed by atoms with Crippen molar-refractivity contribution >= 4 is 0 Å². The van der Waals surface area contributed by atoms with Gasteiger partial charge in [0.1, 0.15) is 5.82 Å². The molecule has 5 heteroatoms. The van der Waals surface area contributed by atoms with E-state index < -0.39 is 0 Å². The minimum Gasteiger partial charge on any atom is -0.312 e. The Bertz CT molecular complexity index is 1040. The Hall–Kier alpha value is -3.31. The van der Waals surface area contributed by atoms with Crippen molar-refractivity contribution in [1.29, 1.82) is 0 Å². The first-order chi connectivity index (χ1) is 14.3. The maximum Gasteiger partial charge on any atom is 0.123 e. The van der Waals surface area contributed by atoms with E-state index in [-0.39, 0.29) is 5.82 Å². The molecule has 0 saturated heterocycles. The van der Waals surface area contributed by atoms with E-state index in [0.717, 1.165) is 41.9 Å². The highest BCUT2D eigenvalue weighted by Crippen LogP contribution is 2.21. The molecule has 0 aliphatic heterocycles. The number of halogens is 1. The van der Waals surface area contributed by atoms with Crippen molar-refractivity contribution in [3.05, 3.63) is 108 Å². The zero-order valence-corrected chi connectivity index (χ0v) is 16.1. The average Bonchev–Trinajstić information content (AvgIpc) is 3.15. The molecule has 1 N–H and O–H groups in total. The monoisotopic (exact) mass is 386 g/mol. The van der Waals surface area contributed by atoms with Gasteiger partial charge in [0.2, 0.25) is 0 Å². The third-order valence-corrected chi connectivity index (χ3v) is 4.75. The molecule has 146 valence electrons. The fourth-order valence-electron chi connectivity index (χ4n) is 3.34. The van der Waals surface area contributed by atoms with E-state index in [2.05, 4.69) is 28.6 Å². The SMILES string of the molecule is Fc1cccc(CCNCc2cn(Cc3ccccc3)nc2-c2cccnc2)c1. The Labute approximate surface area is 170 Å². The van der Waals surface area contributed by atoms with Crippen molar-refractivity contribution in [3.8, 4) is 11.3 Å². The lowest BCUT2D eigenvalue weighted by Crippen LogP contribution is -2.17. The van der Waals surface area contributed by atoms with E-state index in [4.69, 9.17) is 5.10 Å². The Morgan fingerprint density at radius 1 is 0.931 bits per heavy atom. The molecule has 4 nitrogen and oxygen atoms in total. The minimum atomic E-state index is -0.191. The molecular weight excluding hydrogens is 363 g/mol. The standard InChI is InChI=1S/C24H23FN4/c25-23-10-4-8-19(14-23)11-13-27-16-22-18-29(17-20-6-2-1-3-7-20)28-24(22)21-9-5-12-26-15-21/h1-10,12,14-15,18,27H,11,13,16-17H2. The fourth-order valence-corrected chi connectivity index (χ4v) is 3.34. The van der Waals surface area contributed by atoms with E-state index in [1.54, 1.807) is 18.3 Å². The number of nitrogens with one attached hydrogen (secondary N) is 1. The maximum absolute atomic E-state index is 13.3. The van der Waals surface area contributed by atoms with Crippen LogP contribution in [-0.4, -0.2) is 21.3 Å². The highest BCUT2D eigenvalue weighted by atomic mass is 19.1. The van der Waals surface area contributed by atoms with E-state index >= 15 is 0 Å². The van der Waals surface area contributed by atoms with Crippen LogP contribution < -0.4 is 5.32 Å².